The molecule has 1 aromatic rings. The second kappa shape index (κ2) is 5.60. The van der Waals surface area contributed by atoms with Crippen molar-refractivity contribution in [3.05, 3.63) is 28.2 Å². The number of halogens is 2. The van der Waals surface area contributed by atoms with Gasteiger partial charge in [-0.05, 0) is 17.7 Å². The van der Waals surface area contributed by atoms with Crippen molar-refractivity contribution in [2.45, 2.75) is 5.33 Å². The van der Waals surface area contributed by atoms with Crippen LogP contribution in [0.15, 0.2) is 22.7 Å². The summed E-state index contributed by atoms with van der Waals surface area (Å²) in [5.41, 5.74) is 2.76. The van der Waals surface area contributed by atoms with Crippen LogP contribution in [0.2, 0.25) is 0 Å². The number of nitrogens with zero attached hydrogens (tertiary/aromatic N) is 1. The molecule has 0 atom stereocenters. The smallest absolute Gasteiger partial charge is 0.0419 e. The highest BCUT2D eigenvalue weighted by Crippen LogP contribution is 2.28. The summed E-state index contributed by atoms with van der Waals surface area (Å²) in [6.45, 7) is 2.34. The van der Waals surface area contributed by atoms with E-state index in [-0.39, 0.29) is 0 Å². The molecular formula is C11H13Br2NS. The van der Waals surface area contributed by atoms with Gasteiger partial charge in [0, 0.05) is 40.1 Å². The van der Waals surface area contributed by atoms with Gasteiger partial charge in [0.25, 0.3) is 0 Å². The fourth-order valence-electron chi connectivity index (χ4n) is 1.75. The lowest BCUT2D eigenvalue weighted by molar-refractivity contribution is 0.853. The minimum atomic E-state index is 0.930. The Morgan fingerprint density at radius 1 is 1.27 bits per heavy atom. The topological polar surface area (TPSA) is 3.24 Å². The predicted octanol–water partition coefficient (Wildman–Crippen LogP) is 3.90. The van der Waals surface area contributed by atoms with E-state index in [9.17, 15) is 0 Å². The van der Waals surface area contributed by atoms with Crippen molar-refractivity contribution in [1.29, 1.82) is 0 Å². The van der Waals surface area contributed by atoms with Crippen LogP contribution in [0.1, 0.15) is 5.56 Å². The predicted molar refractivity (Wildman–Crippen MR) is 76.3 cm³/mol. The summed E-state index contributed by atoms with van der Waals surface area (Å²) < 4.78 is 1.17. The Balaban J connectivity index is 2.27. The second-order valence-corrected chi connectivity index (χ2v) is 6.21. The van der Waals surface area contributed by atoms with E-state index in [0.29, 0.717) is 0 Å². The first kappa shape index (κ1) is 11.8. The molecule has 0 saturated carbocycles. The van der Waals surface area contributed by atoms with Crippen LogP contribution in [0.3, 0.4) is 0 Å². The van der Waals surface area contributed by atoms with E-state index < -0.39 is 0 Å². The Labute approximate surface area is 112 Å². The van der Waals surface area contributed by atoms with Gasteiger partial charge in [-0.2, -0.15) is 11.8 Å². The fourth-order valence-corrected chi connectivity index (χ4v) is 3.47. The molecule has 1 saturated heterocycles. The molecule has 15 heavy (non-hydrogen) atoms. The Morgan fingerprint density at radius 3 is 2.67 bits per heavy atom. The molecule has 4 heteroatoms. The molecule has 0 unspecified atom stereocenters. The number of anilines is 1. The lowest BCUT2D eigenvalue weighted by Gasteiger charge is -2.30. The molecule has 0 N–H and O–H groups in total. The summed E-state index contributed by atoms with van der Waals surface area (Å²) in [7, 11) is 0. The second-order valence-electron chi connectivity index (χ2n) is 3.51. The molecule has 0 spiro atoms. The Bertz CT molecular complexity index is 337. The molecule has 1 fully saturated rings. The molecule has 0 radical (unpaired) electrons. The van der Waals surface area contributed by atoms with Gasteiger partial charge in [-0.3, -0.25) is 0 Å². The summed E-state index contributed by atoms with van der Waals surface area (Å²) >= 11 is 9.14. The molecule has 1 aliphatic rings. The highest BCUT2D eigenvalue weighted by molar-refractivity contribution is 9.10. The average molecular weight is 351 g/mol. The third kappa shape index (κ3) is 2.92. The normalized spacial score (nSPS) is 16.8. The van der Waals surface area contributed by atoms with Crippen LogP contribution in [-0.2, 0) is 5.33 Å². The number of thioether (sulfide) groups is 1. The van der Waals surface area contributed by atoms with Gasteiger partial charge in [-0.1, -0.05) is 37.9 Å². The van der Waals surface area contributed by atoms with Crippen LogP contribution in [0.5, 0.6) is 0 Å². The third-order valence-corrected chi connectivity index (χ3v) is 4.58. The maximum absolute atomic E-state index is 3.55. The number of rotatable bonds is 2. The molecular weight excluding hydrogens is 338 g/mol. The van der Waals surface area contributed by atoms with Crippen LogP contribution >= 0.6 is 43.6 Å². The number of hydrogen-bond donors (Lipinski definition) is 0. The zero-order valence-electron chi connectivity index (χ0n) is 8.38. The fraction of sp³-hybridized carbons (Fsp3) is 0.455. The molecule has 1 nitrogen and oxygen atoms in total. The highest BCUT2D eigenvalue weighted by Gasteiger charge is 2.14. The van der Waals surface area contributed by atoms with Gasteiger partial charge in [-0.15, -0.1) is 0 Å². The number of alkyl halides is 1. The van der Waals surface area contributed by atoms with Crippen LogP contribution in [0.25, 0.3) is 0 Å². The lowest BCUT2D eigenvalue weighted by atomic mass is 10.2. The van der Waals surface area contributed by atoms with Gasteiger partial charge in [-0.25, -0.2) is 0 Å². The van der Waals surface area contributed by atoms with E-state index in [1.165, 1.54) is 40.3 Å². The minimum absolute atomic E-state index is 0.930. The number of benzene rings is 1. The zero-order valence-corrected chi connectivity index (χ0v) is 12.4. The van der Waals surface area contributed by atoms with E-state index in [0.717, 1.165) is 5.33 Å². The maximum atomic E-state index is 3.55. The van der Waals surface area contributed by atoms with E-state index in [1.54, 1.807) is 0 Å². The van der Waals surface area contributed by atoms with Crippen LogP contribution < -0.4 is 4.90 Å². The molecule has 0 bridgehead atoms. The molecule has 0 aliphatic carbocycles. The first-order valence-electron chi connectivity index (χ1n) is 4.98. The monoisotopic (exact) mass is 349 g/mol. The van der Waals surface area contributed by atoms with Crippen molar-refractivity contribution in [2.75, 3.05) is 29.5 Å². The molecule has 0 aromatic heterocycles. The summed E-state index contributed by atoms with van der Waals surface area (Å²) in [6.07, 6.45) is 0. The van der Waals surface area contributed by atoms with Crippen LogP contribution in [-0.4, -0.2) is 24.6 Å². The van der Waals surface area contributed by atoms with E-state index >= 15 is 0 Å². The summed E-state index contributed by atoms with van der Waals surface area (Å²) in [5.74, 6) is 2.49. The Kier molecular flexibility index (Phi) is 4.40. The minimum Gasteiger partial charge on any atom is -0.370 e. The standard InChI is InChI=1S/C11H13Br2NS/c12-8-9-1-2-10(13)7-11(9)14-3-5-15-6-4-14/h1-2,7H,3-6,8H2. The van der Waals surface area contributed by atoms with Crippen molar-refractivity contribution >= 4 is 49.3 Å². The summed E-state index contributed by atoms with van der Waals surface area (Å²) in [4.78, 5) is 2.48. The Morgan fingerprint density at radius 2 is 2.00 bits per heavy atom. The van der Waals surface area contributed by atoms with Crippen LogP contribution in [0.4, 0.5) is 5.69 Å². The van der Waals surface area contributed by atoms with Gasteiger partial charge >= 0.3 is 0 Å². The molecule has 1 aromatic carbocycles. The molecule has 82 valence electrons. The van der Waals surface area contributed by atoms with E-state index in [2.05, 4.69) is 55.0 Å². The van der Waals surface area contributed by atoms with Gasteiger partial charge in [0.15, 0.2) is 0 Å². The van der Waals surface area contributed by atoms with Crippen molar-refractivity contribution in [2.24, 2.45) is 0 Å². The van der Waals surface area contributed by atoms with Crippen molar-refractivity contribution in [3.8, 4) is 0 Å². The summed E-state index contributed by atoms with van der Waals surface area (Å²) in [6, 6.07) is 6.53. The molecule has 1 heterocycles. The summed E-state index contributed by atoms with van der Waals surface area (Å²) in [5, 5.41) is 0.930. The molecule has 2 rings (SSSR count). The maximum Gasteiger partial charge on any atom is 0.0419 e. The molecule has 1 aliphatic heterocycles. The van der Waals surface area contributed by atoms with Crippen molar-refractivity contribution in [3.63, 3.8) is 0 Å². The van der Waals surface area contributed by atoms with Crippen LogP contribution in [0, 0.1) is 0 Å². The van der Waals surface area contributed by atoms with E-state index in [4.69, 9.17) is 0 Å². The van der Waals surface area contributed by atoms with Gasteiger partial charge in [0.1, 0.15) is 0 Å². The Hall–Kier alpha value is 0.330. The quantitative estimate of drug-likeness (QED) is 0.744. The highest BCUT2D eigenvalue weighted by atomic mass is 79.9. The van der Waals surface area contributed by atoms with Crippen molar-refractivity contribution < 1.29 is 0 Å². The van der Waals surface area contributed by atoms with Gasteiger partial charge in [0.05, 0.1) is 0 Å². The van der Waals surface area contributed by atoms with Gasteiger partial charge in [0.2, 0.25) is 0 Å². The third-order valence-electron chi connectivity index (χ3n) is 2.54. The van der Waals surface area contributed by atoms with E-state index in [1.807, 2.05) is 11.8 Å². The average Bonchev–Trinajstić information content (AvgIpc) is 2.30. The van der Waals surface area contributed by atoms with Crippen molar-refractivity contribution in [1.82, 2.24) is 0 Å². The molecule has 0 amide bonds. The zero-order chi connectivity index (χ0) is 10.7. The lowest BCUT2D eigenvalue weighted by Crippen LogP contribution is -2.33. The largest absolute Gasteiger partial charge is 0.370 e. The van der Waals surface area contributed by atoms with Gasteiger partial charge < -0.3 is 4.90 Å². The SMILES string of the molecule is BrCc1ccc(Br)cc1N1CCSCC1. The first-order valence-corrected chi connectivity index (χ1v) is 8.05. The number of hydrogen-bond acceptors (Lipinski definition) is 2. The first-order chi connectivity index (χ1) is 7.31.